The Hall–Kier alpha value is -1.85. The van der Waals surface area contributed by atoms with E-state index in [1.54, 1.807) is 18.2 Å². The second-order valence-corrected chi connectivity index (χ2v) is 6.82. The molecular weight excluding hydrogens is 362 g/mol. The lowest BCUT2D eigenvalue weighted by atomic mass is 10.2. The maximum atomic E-state index is 12.5. The second kappa shape index (κ2) is 6.10. The van der Waals surface area contributed by atoms with Crippen molar-refractivity contribution in [3.8, 4) is 0 Å². The van der Waals surface area contributed by atoms with E-state index >= 15 is 0 Å². The van der Waals surface area contributed by atoms with Crippen molar-refractivity contribution < 1.29 is 9.59 Å². The van der Waals surface area contributed by atoms with Gasteiger partial charge in [-0.15, -0.1) is 0 Å². The van der Waals surface area contributed by atoms with Gasteiger partial charge in [-0.1, -0.05) is 45.8 Å². The molecule has 0 bridgehead atoms. The SMILES string of the molecule is Cc1ccc(N2C(=O)SC(=Cc3cccc(Br)c3)C2=O)cc1. The summed E-state index contributed by atoms with van der Waals surface area (Å²) in [4.78, 5) is 26.3. The Morgan fingerprint density at radius 2 is 1.82 bits per heavy atom. The van der Waals surface area contributed by atoms with Gasteiger partial charge in [0.15, 0.2) is 0 Å². The highest BCUT2D eigenvalue weighted by molar-refractivity contribution is 9.10. The summed E-state index contributed by atoms with van der Waals surface area (Å²) in [5, 5.41) is -0.268. The predicted molar refractivity (Wildman–Crippen MR) is 93.8 cm³/mol. The number of carbonyl (C=O) groups is 2. The Kier molecular flexibility index (Phi) is 4.18. The Bertz CT molecular complexity index is 784. The van der Waals surface area contributed by atoms with E-state index in [2.05, 4.69) is 15.9 Å². The van der Waals surface area contributed by atoms with Crippen LogP contribution in [0.15, 0.2) is 57.9 Å². The summed E-state index contributed by atoms with van der Waals surface area (Å²) < 4.78 is 0.930. The quantitative estimate of drug-likeness (QED) is 0.695. The standard InChI is InChI=1S/C17H12BrNO2S/c1-11-5-7-14(8-6-11)19-16(20)15(22-17(19)21)10-12-3-2-4-13(18)9-12/h2-10H,1H3. The molecule has 2 amide bonds. The minimum absolute atomic E-state index is 0.268. The molecule has 0 aliphatic carbocycles. The molecule has 3 nitrogen and oxygen atoms in total. The summed E-state index contributed by atoms with van der Waals surface area (Å²) in [7, 11) is 0. The first-order chi connectivity index (χ1) is 10.5. The lowest BCUT2D eigenvalue weighted by molar-refractivity contribution is -0.113. The van der Waals surface area contributed by atoms with Gasteiger partial charge in [-0.25, -0.2) is 4.90 Å². The number of carbonyl (C=O) groups excluding carboxylic acids is 2. The Morgan fingerprint density at radius 1 is 1.09 bits per heavy atom. The van der Waals surface area contributed by atoms with Crippen LogP contribution in [0.3, 0.4) is 0 Å². The summed E-state index contributed by atoms with van der Waals surface area (Å²) in [5.41, 5.74) is 2.56. The van der Waals surface area contributed by atoms with Gasteiger partial charge in [-0.05, 0) is 54.6 Å². The lowest BCUT2D eigenvalue weighted by Crippen LogP contribution is -2.27. The van der Waals surface area contributed by atoms with Crippen LogP contribution in [0.1, 0.15) is 11.1 Å². The molecular formula is C17H12BrNO2S. The first kappa shape index (κ1) is 15.1. The van der Waals surface area contributed by atoms with Crippen molar-refractivity contribution in [2.45, 2.75) is 6.92 Å². The fourth-order valence-electron chi connectivity index (χ4n) is 2.13. The van der Waals surface area contributed by atoms with Crippen LogP contribution < -0.4 is 4.90 Å². The molecule has 1 heterocycles. The van der Waals surface area contributed by atoms with Crippen LogP contribution in [0.2, 0.25) is 0 Å². The summed E-state index contributed by atoms with van der Waals surface area (Å²) in [6.45, 7) is 1.96. The molecule has 2 aromatic carbocycles. The molecule has 0 saturated carbocycles. The van der Waals surface area contributed by atoms with E-state index in [4.69, 9.17) is 0 Å². The molecule has 2 aromatic rings. The Morgan fingerprint density at radius 3 is 2.50 bits per heavy atom. The van der Waals surface area contributed by atoms with Crippen molar-refractivity contribution in [2.24, 2.45) is 0 Å². The minimum Gasteiger partial charge on any atom is -0.268 e. The van der Waals surface area contributed by atoms with Gasteiger partial charge in [0.05, 0.1) is 10.6 Å². The van der Waals surface area contributed by atoms with Gasteiger partial charge in [0.1, 0.15) is 0 Å². The summed E-state index contributed by atoms with van der Waals surface area (Å²) in [6, 6.07) is 14.9. The molecule has 0 aromatic heterocycles. The topological polar surface area (TPSA) is 37.4 Å². The van der Waals surface area contributed by atoms with Crippen molar-refractivity contribution in [1.82, 2.24) is 0 Å². The van der Waals surface area contributed by atoms with Crippen LogP contribution in [0, 0.1) is 6.92 Å². The Balaban J connectivity index is 1.93. The van der Waals surface area contributed by atoms with Crippen LogP contribution in [0.25, 0.3) is 6.08 Å². The van der Waals surface area contributed by atoms with E-state index in [0.717, 1.165) is 27.4 Å². The molecule has 5 heteroatoms. The van der Waals surface area contributed by atoms with Gasteiger partial charge in [0.2, 0.25) is 0 Å². The molecule has 0 atom stereocenters. The summed E-state index contributed by atoms with van der Waals surface area (Å²) >= 11 is 4.36. The molecule has 1 aliphatic heterocycles. The van der Waals surface area contributed by atoms with Crippen molar-refractivity contribution >= 4 is 50.6 Å². The molecule has 1 saturated heterocycles. The first-order valence-electron chi connectivity index (χ1n) is 6.65. The van der Waals surface area contributed by atoms with Gasteiger partial charge < -0.3 is 0 Å². The lowest BCUT2D eigenvalue weighted by Gasteiger charge is -2.12. The van der Waals surface area contributed by atoms with Crippen molar-refractivity contribution in [2.75, 3.05) is 4.90 Å². The van der Waals surface area contributed by atoms with Gasteiger partial charge in [-0.2, -0.15) is 0 Å². The molecule has 0 spiro atoms. The first-order valence-corrected chi connectivity index (χ1v) is 8.26. The maximum Gasteiger partial charge on any atom is 0.298 e. The van der Waals surface area contributed by atoms with E-state index in [-0.39, 0.29) is 11.1 Å². The zero-order valence-electron chi connectivity index (χ0n) is 11.7. The van der Waals surface area contributed by atoms with Crippen LogP contribution >= 0.6 is 27.7 Å². The number of halogens is 1. The number of amides is 2. The molecule has 0 N–H and O–H groups in total. The van der Waals surface area contributed by atoms with E-state index in [9.17, 15) is 9.59 Å². The van der Waals surface area contributed by atoms with Crippen LogP contribution in [-0.2, 0) is 4.79 Å². The number of rotatable bonds is 2. The normalized spacial score (nSPS) is 16.6. The van der Waals surface area contributed by atoms with Gasteiger partial charge in [0, 0.05) is 4.47 Å². The zero-order chi connectivity index (χ0) is 15.7. The number of benzene rings is 2. The van der Waals surface area contributed by atoms with Crippen LogP contribution in [-0.4, -0.2) is 11.1 Å². The van der Waals surface area contributed by atoms with Gasteiger partial charge >= 0.3 is 0 Å². The molecule has 0 radical (unpaired) electrons. The monoisotopic (exact) mass is 373 g/mol. The third kappa shape index (κ3) is 3.00. The predicted octanol–water partition coefficient (Wildman–Crippen LogP) is 5.00. The minimum atomic E-state index is -0.279. The average Bonchev–Trinajstić information content (AvgIpc) is 2.75. The number of anilines is 1. The molecule has 1 aliphatic rings. The summed E-state index contributed by atoms with van der Waals surface area (Å²) in [5.74, 6) is -0.279. The highest BCUT2D eigenvalue weighted by Crippen LogP contribution is 2.35. The van der Waals surface area contributed by atoms with Gasteiger partial charge in [0.25, 0.3) is 11.1 Å². The van der Waals surface area contributed by atoms with Gasteiger partial charge in [-0.3, -0.25) is 9.59 Å². The van der Waals surface area contributed by atoms with Crippen molar-refractivity contribution in [3.05, 3.63) is 69.0 Å². The number of imide groups is 1. The fourth-order valence-corrected chi connectivity index (χ4v) is 3.39. The molecule has 22 heavy (non-hydrogen) atoms. The average molecular weight is 374 g/mol. The number of aryl methyl sites for hydroxylation is 1. The third-order valence-electron chi connectivity index (χ3n) is 3.23. The summed E-state index contributed by atoms with van der Waals surface area (Å²) in [6.07, 6.45) is 1.74. The molecule has 3 rings (SSSR count). The smallest absolute Gasteiger partial charge is 0.268 e. The molecule has 1 fully saturated rings. The third-order valence-corrected chi connectivity index (χ3v) is 4.60. The van der Waals surface area contributed by atoms with Crippen LogP contribution in [0.4, 0.5) is 10.5 Å². The van der Waals surface area contributed by atoms with E-state index in [0.29, 0.717) is 10.6 Å². The highest BCUT2D eigenvalue weighted by atomic mass is 79.9. The van der Waals surface area contributed by atoms with Crippen LogP contribution in [0.5, 0.6) is 0 Å². The molecule has 0 unspecified atom stereocenters. The number of thioether (sulfide) groups is 1. The number of hydrogen-bond donors (Lipinski definition) is 0. The van der Waals surface area contributed by atoms with Crippen molar-refractivity contribution in [1.29, 1.82) is 0 Å². The largest absolute Gasteiger partial charge is 0.298 e. The van der Waals surface area contributed by atoms with Crippen molar-refractivity contribution in [3.63, 3.8) is 0 Å². The number of hydrogen-bond acceptors (Lipinski definition) is 3. The highest BCUT2D eigenvalue weighted by Gasteiger charge is 2.36. The van der Waals surface area contributed by atoms with E-state index in [1.165, 1.54) is 4.90 Å². The number of nitrogens with zero attached hydrogens (tertiary/aromatic N) is 1. The fraction of sp³-hybridized carbons (Fsp3) is 0.0588. The van der Waals surface area contributed by atoms with E-state index in [1.807, 2.05) is 43.3 Å². The second-order valence-electron chi connectivity index (χ2n) is 4.91. The Labute approximate surface area is 141 Å². The van der Waals surface area contributed by atoms with E-state index < -0.39 is 0 Å². The zero-order valence-corrected chi connectivity index (χ0v) is 14.1. The maximum absolute atomic E-state index is 12.5. The molecule has 110 valence electrons.